The van der Waals surface area contributed by atoms with Crippen LogP contribution in [0.2, 0.25) is 0 Å². The summed E-state index contributed by atoms with van der Waals surface area (Å²) in [5.74, 6) is 0.298. The number of rotatable bonds is 13. The molecule has 0 saturated carbocycles. The molecule has 0 spiro atoms. The van der Waals surface area contributed by atoms with Crippen molar-refractivity contribution in [1.82, 2.24) is 0 Å². The minimum absolute atomic E-state index is 0.0537. The molecule has 1 fully saturated rings. The molecule has 248 valence electrons. The van der Waals surface area contributed by atoms with E-state index in [1.165, 1.54) is 7.11 Å². The lowest BCUT2D eigenvalue weighted by atomic mass is 9.93. The Bertz CT molecular complexity index is 1530. The molecular formula is C38H42O9. The summed E-state index contributed by atoms with van der Waals surface area (Å²) >= 11 is 0. The highest BCUT2D eigenvalue weighted by Gasteiger charge is 2.32. The molecule has 9 nitrogen and oxygen atoms in total. The summed E-state index contributed by atoms with van der Waals surface area (Å²) in [4.78, 5) is 13.4. The van der Waals surface area contributed by atoms with Crippen molar-refractivity contribution in [3.05, 3.63) is 124 Å². The summed E-state index contributed by atoms with van der Waals surface area (Å²) in [5.41, 5.74) is 2.56. The minimum atomic E-state index is -1.36. The molecule has 1 unspecified atom stereocenters. The van der Waals surface area contributed by atoms with Crippen LogP contribution in [0, 0.1) is 0 Å². The van der Waals surface area contributed by atoms with E-state index in [-0.39, 0.29) is 37.1 Å². The average molecular weight is 643 g/mol. The molecule has 4 aromatic carbocycles. The lowest BCUT2D eigenvalue weighted by molar-refractivity contribution is -0.183. The summed E-state index contributed by atoms with van der Waals surface area (Å²) < 4.78 is 41.7. The van der Waals surface area contributed by atoms with Gasteiger partial charge in [0, 0.05) is 18.2 Å². The van der Waals surface area contributed by atoms with E-state index in [2.05, 4.69) is 0 Å². The molecular weight excluding hydrogens is 600 g/mol. The van der Waals surface area contributed by atoms with Gasteiger partial charge in [-0.1, -0.05) is 72.8 Å². The van der Waals surface area contributed by atoms with Gasteiger partial charge >= 0.3 is 5.97 Å². The van der Waals surface area contributed by atoms with Gasteiger partial charge in [-0.05, 0) is 56.5 Å². The summed E-state index contributed by atoms with van der Waals surface area (Å²) in [6, 6.07) is 27.8. The van der Waals surface area contributed by atoms with Crippen LogP contribution in [0.1, 0.15) is 77.8 Å². The number of aliphatic hydroxyl groups excluding tert-OH is 1. The topological polar surface area (TPSA) is 102 Å². The molecule has 1 saturated heterocycles. The van der Waals surface area contributed by atoms with Gasteiger partial charge in [-0.25, -0.2) is 4.79 Å². The van der Waals surface area contributed by atoms with Gasteiger partial charge in [-0.3, -0.25) is 0 Å². The predicted molar refractivity (Wildman–Crippen MR) is 175 cm³/mol. The molecule has 0 aromatic heterocycles. The van der Waals surface area contributed by atoms with Crippen molar-refractivity contribution in [2.75, 3.05) is 27.1 Å². The Hall–Kier alpha value is -4.41. The third-order valence-corrected chi connectivity index (χ3v) is 7.27. The van der Waals surface area contributed by atoms with E-state index in [4.69, 9.17) is 33.2 Å². The van der Waals surface area contributed by atoms with Crippen molar-refractivity contribution in [2.45, 2.75) is 58.4 Å². The highest BCUT2D eigenvalue weighted by atomic mass is 16.7. The fourth-order valence-electron chi connectivity index (χ4n) is 5.15. The van der Waals surface area contributed by atoms with E-state index in [1.54, 1.807) is 39.0 Å². The Labute approximate surface area is 275 Å². The fourth-order valence-corrected chi connectivity index (χ4v) is 5.15. The number of ether oxygens (including phenoxy) is 7. The number of benzene rings is 4. The van der Waals surface area contributed by atoms with Gasteiger partial charge in [0.05, 0.1) is 24.3 Å². The van der Waals surface area contributed by atoms with Gasteiger partial charge in [-0.15, -0.1) is 0 Å². The molecule has 47 heavy (non-hydrogen) atoms. The van der Waals surface area contributed by atoms with E-state index in [0.29, 0.717) is 35.7 Å². The summed E-state index contributed by atoms with van der Waals surface area (Å²) in [6.45, 7) is 6.70. The van der Waals surface area contributed by atoms with Gasteiger partial charge < -0.3 is 38.3 Å². The molecule has 0 amide bonds. The highest BCUT2D eigenvalue weighted by Crippen LogP contribution is 2.45. The molecule has 1 atom stereocenters. The zero-order valence-electron chi connectivity index (χ0n) is 27.3. The maximum Gasteiger partial charge on any atom is 0.338 e. The van der Waals surface area contributed by atoms with E-state index < -0.39 is 24.0 Å². The van der Waals surface area contributed by atoms with Crippen molar-refractivity contribution in [3.63, 3.8) is 0 Å². The molecule has 0 aliphatic carbocycles. The van der Waals surface area contributed by atoms with Crippen LogP contribution in [-0.2, 0) is 32.2 Å². The first-order valence-electron chi connectivity index (χ1n) is 15.6. The van der Waals surface area contributed by atoms with Crippen molar-refractivity contribution in [3.8, 4) is 17.2 Å². The highest BCUT2D eigenvalue weighted by molar-refractivity contribution is 5.91. The first kappa shape index (κ1) is 33.9. The van der Waals surface area contributed by atoms with E-state index in [1.807, 2.05) is 72.8 Å². The number of methoxy groups -OCH3 is 1. The Morgan fingerprint density at radius 3 is 1.89 bits per heavy atom. The zero-order valence-corrected chi connectivity index (χ0v) is 27.3. The lowest BCUT2D eigenvalue weighted by Crippen LogP contribution is -2.24. The number of carbonyl (C=O) groups is 1. The van der Waals surface area contributed by atoms with Crippen molar-refractivity contribution in [1.29, 1.82) is 0 Å². The third kappa shape index (κ3) is 9.11. The average Bonchev–Trinajstić information content (AvgIpc) is 3.08. The van der Waals surface area contributed by atoms with Crippen LogP contribution in [0.4, 0.5) is 0 Å². The van der Waals surface area contributed by atoms with Crippen LogP contribution < -0.4 is 14.2 Å². The lowest BCUT2D eigenvalue weighted by Gasteiger charge is -2.29. The Balaban J connectivity index is 1.67. The van der Waals surface area contributed by atoms with Crippen molar-refractivity contribution < 1.29 is 43.1 Å². The van der Waals surface area contributed by atoms with E-state index >= 15 is 0 Å². The fraction of sp³-hybridized carbons (Fsp3) is 0.342. The molecule has 0 bridgehead atoms. The Morgan fingerprint density at radius 2 is 1.36 bits per heavy atom. The van der Waals surface area contributed by atoms with Crippen LogP contribution in [0.5, 0.6) is 17.2 Å². The van der Waals surface area contributed by atoms with Crippen LogP contribution in [0.25, 0.3) is 0 Å². The summed E-state index contributed by atoms with van der Waals surface area (Å²) in [7, 11) is 1.52. The molecule has 1 N–H and O–H groups in total. The predicted octanol–water partition coefficient (Wildman–Crippen LogP) is 7.30. The van der Waals surface area contributed by atoms with Crippen molar-refractivity contribution >= 4 is 5.97 Å². The smallest absolute Gasteiger partial charge is 0.338 e. The van der Waals surface area contributed by atoms with Gasteiger partial charge in [0.25, 0.3) is 0 Å². The quantitative estimate of drug-likeness (QED) is 0.119. The minimum Gasteiger partial charge on any atom is -0.488 e. The van der Waals surface area contributed by atoms with Gasteiger partial charge in [0.1, 0.15) is 42.2 Å². The molecule has 4 aromatic rings. The second-order valence-corrected chi connectivity index (χ2v) is 12.1. The number of aliphatic hydroxyl groups is 1. The molecule has 0 radical (unpaired) electrons. The monoisotopic (exact) mass is 642 g/mol. The molecule has 1 aliphatic heterocycles. The SMILES string of the molecule is COCOc1cccc(C2OCCCO2)c1C(O)c1c(OCc2ccccc2)cc(C(=O)OC(C)(C)C)cc1OCc1ccccc1. The van der Waals surface area contributed by atoms with Crippen LogP contribution in [-0.4, -0.2) is 43.8 Å². The second-order valence-electron chi connectivity index (χ2n) is 12.1. The molecule has 9 heteroatoms. The second kappa shape index (κ2) is 15.9. The van der Waals surface area contributed by atoms with Crippen LogP contribution >= 0.6 is 0 Å². The van der Waals surface area contributed by atoms with Gasteiger partial charge in [-0.2, -0.15) is 0 Å². The third-order valence-electron chi connectivity index (χ3n) is 7.27. The number of hydrogen-bond acceptors (Lipinski definition) is 9. The molecule has 5 rings (SSSR count). The maximum absolute atomic E-state index is 13.4. The van der Waals surface area contributed by atoms with E-state index in [9.17, 15) is 9.90 Å². The Kier molecular flexibility index (Phi) is 11.5. The molecule has 1 heterocycles. The standard InChI is InChI=1S/C38H42O9/c1-38(2,3)47-36(40)28-21-31(44-23-26-13-7-5-8-14-26)34(32(22-28)45-24-27-15-9-6-10-16-27)35(39)33-29(37-42-19-12-20-43-37)17-11-18-30(33)46-25-41-4/h5-11,13-18,21-22,35,37,39H,12,19-20,23-25H2,1-4H3. The summed E-state index contributed by atoms with van der Waals surface area (Å²) in [6.07, 6.45) is -1.34. The van der Waals surface area contributed by atoms with Crippen molar-refractivity contribution in [2.24, 2.45) is 0 Å². The first-order valence-corrected chi connectivity index (χ1v) is 15.6. The first-order chi connectivity index (χ1) is 22.7. The molecule has 1 aliphatic rings. The van der Waals surface area contributed by atoms with E-state index in [0.717, 1.165) is 17.5 Å². The zero-order chi connectivity index (χ0) is 33.2. The normalized spacial score (nSPS) is 14.3. The Morgan fingerprint density at radius 1 is 0.787 bits per heavy atom. The number of hydrogen-bond donors (Lipinski definition) is 1. The van der Waals surface area contributed by atoms with Crippen LogP contribution in [0.15, 0.2) is 91.0 Å². The van der Waals surface area contributed by atoms with Gasteiger partial charge in [0.2, 0.25) is 0 Å². The van der Waals surface area contributed by atoms with Crippen LogP contribution in [0.3, 0.4) is 0 Å². The van der Waals surface area contributed by atoms with Gasteiger partial charge in [0.15, 0.2) is 13.1 Å². The number of carbonyl (C=O) groups excluding carboxylic acids is 1. The largest absolute Gasteiger partial charge is 0.488 e. The summed E-state index contributed by atoms with van der Waals surface area (Å²) in [5, 5.41) is 12.4. The number of esters is 1. The maximum atomic E-state index is 13.4.